The number of benzene rings is 1. The van der Waals surface area contributed by atoms with Crippen molar-refractivity contribution in [2.24, 2.45) is 0 Å². The number of aliphatic hydroxyl groups excluding tert-OH is 1. The molecule has 2 aromatic rings. The highest BCUT2D eigenvalue weighted by Gasteiger charge is 2.05. The summed E-state index contributed by atoms with van der Waals surface area (Å²) in [6.45, 7) is -0.105. The van der Waals surface area contributed by atoms with E-state index in [9.17, 15) is 4.39 Å². The predicted molar refractivity (Wildman–Crippen MR) is 49.2 cm³/mol. The van der Waals surface area contributed by atoms with Crippen LogP contribution in [0, 0.1) is 5.82 Å². The van der Waals surface area contributed by atoms with Crippen molar-refractivity contribution in [1.29, 1.82) is 0 Å². The van der Waals surface area contributed by atoms with Crippen LogP contribution in [0.1, 0.15) is 5.69 Å². The van der Waals surface area contributed by atoms with Gasteiger partial charge in [0.2, 0.25) is 0 Å². The van der Waals surface area contributed by atoms with Gasteiger partial charge >= 0.3 is 0 Å². The van der Waals surface area contributed by atoms with Gasteiger partial charge in [0.25, 0.3) is 0 Å². The average Bonchev–Trinajstić information content (AvgIpc) is 2.47. The van der Waals surface area contributed by atoms with Crippen molar-refractivity contribution in [1.82, 2.24) is 4.98 Å². The molecule has 0 aliphatic heterocycles. The number of H-pyrrole nitrogens is 1. The maximum absolute atomic E-state index is 12.8. The van der Waals surface area contributed by atoms with Gasteiger partial charge in [-0.05, 0) is 18.2 Å². The monoisotopic (exact) mass is 199 g/mol. The van der Waals surface area contributed by atoms with Gasteiger partial charge in [-0.25, -0.2) is 4.39 Å². The summed E-state index contributed by atoms with van der Waals surface area (Å²) in [5.74, 6) is -0.374. The number of aromatic nitrogens is 1. The Morgan fingerprint density at radius 1 is 1.38 bits per heavy atom. The Labute approximate surface area is 79.0 Å². The van der Waals surface area contributed by atoms with E-state index < -0.39 is 0 Å². The Balaban J connectivity index is 2.75. The van der Waals surface area contributed by atoms with Crippen LogP contribution < -0.4 is 0 Å². The second-order valence-corrected chi connectivity index (χ2v) is 3.21. The van der Waals surface area contributed by atoms with Crippen LogP contribution in [-0.4, -0.2) is 10.1 Å². The third-order valence-electron chi connectivity index (χ3n) is 1.87. The van der Waals surface area contributed by atoms with Gasteiger partial charge in [0, 0.05) is 11.1 Å². The number of hydrogen-bond acceptors (Lipinski definition) is 1. The van der Waals surface area contributed by atoms with Gasteiger partial charge in [-0.15, -0.1) is 0 Å². The van der Waals surface area contributed by atoms with E-state index in [0.29, 0.717) is 21.6 Å². The summed E-state index contributed by atoms with van der Waals surface area (Å²) in [6, 6.07) is 4.28. The summed E-state index contributed by atoms with van der Waals surface area (Å²) >= 11 is 5.78. The summed E-state index contributed by atoms with van der Waals surface area (Å²) < 4.78 is 12.8. The highest BCUT2D eigenvalue weighted by Crippen LogP contribution is 2.25. The number of fused-ring (bicyclic) bond motifs is 1. The highest BCUT2D eigenvalue weighted by molar-refractivity contribution is 6.35. The van der Waals surface area contributed by atoms with Gasteiger partial charge in [0.15, 0.2) is 0 Å². The zero-order valence-corrected chi connectivity index (χ0v) is 7.40. The summed E-state index contributed by atoms with van der Waals surface area (Å²) in [4.78, 5) is 2.89. The molecule has 1 heterocycles. The molecule has 0 spiro atoms. The minimum atomic E-state index is -0.374. The molecular weight excluding hydrogens is 193 g/mol. The van der Waals surface area contributed by atoms with E-state index in [1.165, 1.54) is 12.1 Å². The average molecular weight is 200 g/mol. The lowest BCUT2D eigenvalue weighted by molar-refractivity contribution is 0.278. The molecule has 1 aromatic carbocycles. The van der Waals surface area contributed by atoms with Crippen molar-refractivity contribution in [3.63, 3.8) is 0 Å². The van der Waals surface area contributed by atoms with Crippen LogP contribution in [0.4, 0.5) is 4.39 Å². The molecule has 1 aromatic heterocycles. The fraction of sp³-hybridized carbons (Fsp3) is 0.111. The first-order valence-electron chi connectivity index (χ1n) is 3.78. The molecular formula is C9H7ClFNO. The normalized spacial score (nSPS) is 11.0. The number of aromatic amines is 1. The van der Waals surface area contributed by atoms with Gasteiger partial charge in [0.05, 0.1) is 17.1 Å². The van der Waals surface area contributed by atoms with Gasteiger partial charge < -0.3 is 10.1 Å². The second kappa shape index (κ2) is 3.01. The fourth-order valence-corrected chi connectivity index (χ4v) is 1.57. The standard InChI is InChI=1S/C9H7ClFNO/c10-8-3-6(11)1-5-2-7(4-13)12-9(5)8/h1-3,12-13H,4H2. The molecule has 0 radical (unpaired) electrons. The Morgan fingerprint density at radius 2 is 2.15 bits per heavy atom. The van der Waals surface area contributed by atoms with Gasteiger partial charge in [-0.3, -0.25) is 0 Å². The van der Waals surface area contributed by atoms with Crippen molar-refractivity contribution < 1.29 is 9.50 Å². The zero-order valence-electron chi connectivity index (χ0n) is 6.64. The van der Waals surface area contributed by atoms with Crippen LogP contribution in [0.25, 0.3) is 10.9 Å². The lowest BCUT2D eigenvalue weighted by Crippen LogP contribution is -1.79. The third-order valence-corrected chi connectivity index (χ3v) is 2.17. The summed E-state index contributed by atoms with van der Waals surface area (Å²) in [7, 11) is 0. The molecule has 0 amide bonds. The first kappa shape index (κ1) is 8.53. The van der Waals surface area contributed by atoms with Gasteiger partial charge in [0.1, 0.15) is 5.82 Å². The second-order valence-electron chi connectivity index (χ2n) is 2.80. The third kappa shape index (κ3) is 1.41. The van der Waals surface area contributed by atoms with Crippen molar-refractivity contribution in [2.45, 2.75) is 6.61 Å². The first-order valence-corrected chi connectivity index (χ1v) is 4.16. The molecule has 0 saturated carbocycles. The maximum atomic E-state index is 12.8. The van der Waals surface area contributed by atoms with Crippen LogP contribution in [0.2, 0.25) is 5.02 Å². The smallest absolute Gasteiger partial charge is 0.125 e. The van der Waals surface area contributed by atoms with Crippen molar-refractivity contribution >= 4 is 22.5 Å². The molecule has 68 valence electrons. The van der Waals surface area contributed by atoms with E-state index in [4.69, 9.17) is 16.7 Å². The molecule has 4 heteroatoms. The van der Waals surface area contributed by atoms with Crippen LogP contribution in [0.15, 0.2) is 18.2 Å². The van der Waals surface area contributed by atoms with Crippen molar-refractivity contribution in [3.8, 4) is 0 Å². The summed E-state index contributed by atoms with van der Waals surface area (Å²) in [5, 5.41) is 9.83. The van der Waals surface area contributed by atoms with Gasteiger partial charge in [-0.2, -0.15) is 0 Å². The van der Waals surface area contributed by atoms with E-state index in [1.54, 1.807) is 6.07 Å². The largest absolute Gasteiger partial charge is 0.390 e. The highest BCUT2D eigenvalue weighted by atomic mass is 35.5. The quantitative estimate of drug-likeness (QED) is 0.727. The SMILES string of the molecule is OCc1cc2cc(F)cc(Cl)c2[nH]1. The van der Waals surface area contributed by atoms with Crippen molar-refractivity contribution in [3.05, 3.63) is 34.7 Å². The minimum Gasteiger partial charge on any atom is -0.390 e. The molecule has 0 bridgehead atoms. The molecule has 2 rings (SSSR count). The lowest BCUT2D eigenvalue weighted by Gasteiger charge is -1.93. The predicted octanol–water partition coefficient (Wildman–Crippen LogP) is 2.45. The number of aliphatic hydroxyl groups is 1. The zero-order chi connectivity index (χ0) is 9.42. The van der Waals surface area contributed by atoms with E-state index >= 15 is 0 Å². The summed E-state index contributed by atoms with van der Waals surface area (Å²) in [6.07, 6.45) is 0. The fourth-order valence-electron chi connectivity index (χ4n) is 1.31. The molecule has 0 aliphatic rings. The van der Waals surface area contributed by atoms with Crippen LogP contribution in [0.5, 0.6) is 0 Å². The molecule has 2 nitrogen and oxygen atoms in total. The minimum absolute atomic E-state index is 0.105. The van der Waals surface area contributed by atoms with E-state index in [2.05, 4.69) is 4.98 Å². The van der Waals surface area contributed by atoms with Gasteiger partial charge in [-0.1, -0.05) is 11.6 Å². The number of hydrogen-bond donors (Lipinski definition) is 2. The Bertz CT molecular complexity index is 452. The first-order chi connectivity index (χ1) is 6.20. The summed E-state index contributed by atoms with van der Waals surface area (Å²) in [5.41, 5.74) is 1.29. The maximum Gasteiger partial charge on any atom is 0.125 e. The molecule has 0 fully saturated rings. The molecule has 13 heavy (non-hydrogen) atoms. The van der Waals surface area contributed by atoms with E-state index in [1.807, 2.05) is 0 Å². The van der Waals surface area contributed by atoms with E-state index in [-0.39, 0.29) is 12.4 Å². The van der Waals surface area contributed by atoms with E-state index in [0.717, 1.165) is 0 Å². The van der Waals surface area contributed by atoms with Crippen LogP contribution in [-0.2, 0) is 6.61 Å². The lowest BCUT2D eigenvalue weighted by atomic mass is 10.2. The Morgan fingerprint density at radius 3 is 2.85 bits per heavy atom. The van der Waals surface area contributed by atoms with Crippen LogP contribution in [0.3, 0.4) is 0 Å². The Kier molecular flexibility index (Phi) is 1.98. The molecule has 0 atom stereocenters. The topological polar surface area (TPSA) is 36.0 Å². The number of rotatable bonds is 1. The number of halogens is 2. The van der Waals surface area contributed by atoms with Crippen LogP contribution >= 0.6 is 11.6 Å². The molecule has 0 aliphatic carbocycles. The van der Waals surface area contributed by atoms with Crippen molar-refractivity contribution in [2.75, 3.05) is 0 Å². The Hall–Kier alpha value is -1.06. The number of nitrogens with one attached hydrogen (secondary N) is 1. The molecule has 2 N–H and O–H groups in total. The molecule has 0 saturated heterocycles. The molecule has 0 unspecified atom stereocenters.